The number of morpholine rings is 1. The van der Waals surface area contributed by atoms with Crippen LogP contribution < -0.4 is 26.0 Å². The Morgan fingerprint density at radius 1 is 0.903 bits per heavy atom. The predicted octanol–water partition coefficient (Wildman–Crippen LogP) is -0.562. The normalized spacial score (nSPS) is 14.4. The zero-order chi connectivity index (χ0) is 22.1. The average Bonchev–Trinajstić information content (AvgIpc) is 2.79. The van der Waals surface area contributed by atoms with Crippen molar-refractivity contribution in [3.63, 3.8) is 0 Å². The van der Waals surface area contributed by atoms with Gasteiger partial charge in [-0.25, -0.2) is 0 Å². The lowest BCUT2D eigenvalue weighted by Crippen LogP contribution is -3.11. The summed E-state index contributed by atoms with van der Waals surface area (Å²) in [5, 5.41) is 2.84. The van der Waals surface area contributed by atoms with E-state index in [2.05, 4.69) is 21.1 Å². The number of quaternary nitrogens is 1. The van der Waals surface area contributed by atoms with E-state index in [-0.39, 0.29) is 24.9 Å². The number of hydrogen-bond donors (Lipinski definition) is 4. The summed E-state index contributed by atoms with van der Waals surface area (Å²) in [6, 6.07) is 16.3. The lowest BCUT2D eigenvalue weighted by molar-refractivity contribution is -0.862. The van der Waals surface area contributed by atoms with E-state index in [0.717, 1.165) is 32.0 Å². The molecule has 9 nitrogen and oxygen atoms in total. The number of anilines is 2. The van der Waals surface area contributed by atoms with Gasteiger partial charge in [-0.1, -0.05) is 18.2 Å². The molecule has 3 amide bonds. The van der Waals surface area contributed by atoms with Crippen molar-refractivity contribution < 1.29 is 24.0 Å². The molecule has 0 saturated carbocycles. The van der Waals surface area contributed by atoms with Crippen LogP contribution in [0.1, 0.15) is 10.4 Å². The molecule has 1 unspecified atom stereocenters. The number of carbonyl (C=O) groups excluding carboxylic acids is 3. The van der Waals surface area contributed by atoms with Gasteiger partial charge >= 0.3 is 0 Å². The molecule has 1 aliphatic rings. The number of rotatable bonds is 7. The maximum atomic E-state index is 12.3. The molecule has 1 atom stereocenters. The van der Waals surface area contributed by atoms with E-state index in [1.165, 1.54) is 0 Å². The van der Waals surface area contributed by atoms with E-state index in [9.17, 15) is 14.4 Å². The van der Waals surface area contributed by atoms with Crippen LogP contribution in [0.4, 0.5) is 11.4 Å². The first-order valence-corrected chi connectivity index (χ1v) is 10.2. The molecule has 1 fully saturated rings. The summed E-state index contributed by atoms with van der Waals surface area (Å²) < 4.78 is 5.36. The van der Waals surface area contributed by atoms with Crippen molar-refractivity contribution in [2.75, 3.05) is 56.7 Å². The summed E-state index contributed by atoms with van der Waals surface area (Å²) in [5.74, 6) is -0.980. The van der Waals surface area contributed by atoms with Crippen LogP contribution >= 0.6 is 0 Å². The summed E-state index contributed by atoms with van der Waals surface area (Å²) in [6.45, 7) is 3.30. The molecule has 1 saturated heterocycles. The third-order valence-electron chi connectivity index (χ3n) is 4.80. The summed E-state index contributed by atoms with van der Waals surface area (Å²) >= 11 is 0. The van der Waals surface area contributed by atoms with Gasteiger partial charge in [0, 0.05) is 30.0 Å². The summed E-state index contributed by atoms with van der Waals surface area (Å²) in [5.41, 5.74) is 6.98. The largest absolute Gasteiger partial charge is 0.378 e. The molecule has 31 heavy (non-hydrogen) atoms. The molecule has 0 radical (unpaired) electrons. The first-order chi connectivity index (χ1) is 15.0. The molecule has 0 aliphatic carbocycles. The molecule has 2 aromatic carbocycles. The standard InChI is InChI=1S/C22H27N5O4/c1-26(16-21(29)24-25-22(30)17-5-3-2-4-6-17)15-20(28)23-18-7-9-19(10-8-18)27-11-13-31-14-12-27/h2-10H,11-16H2,1H3,(H,23,28)(H,24,29)(H,25,30)/p+1. The van der Waals surface area contributed by atoms with Gasteiger partial charge in [-0.3, -0.25) is 25.2 Å². The number of benzene rings is 2. The van der Waals surface area contributed by atoms with E-state index in [1.54, 1.807) is 37.4 Å². The van der Waals surface area contributed by atoms with Gasteiger partial charge in [0.05, 0.1) is 20.3 Å². The number of likely N-dealkylation sites (N-methyl/N-ethyl adjacent to an activating group) is 1. The highest BCUT2D eigenvalue weighted by molar-refractivity contribution is 5.95. The predicted molar refractivity (Wildman–Crippen MR) is 117 cm³/mol. The van der Waals surface area contributed by atoms with Crippen molar-refractivity contribution in [2.24, 2.45) is 0 Å². The second kappa shape index (κ2) is 11.1. The minimum atomic E-state index is -0.398. The molecule has 0 aromatic heterocycles. The summed E-state index contributed by atoms with van der Waals surface area (Å²) in [6.07, 6.45) is 0. The number of ether oxygens (including phenoxy) is 1. The van der Waals surface area contributed by atoms with Gasteiger partial charge in [0.1, 0.15) is 0 Å². The van der Waals surface area contributed by atoms with Gasteiger partial charge in [0.2, 0.25) is 0 Å². The van der Waals surface area contributed by atoms with E-state index >= 15 is 0 Å². The quantitative estimate of drug-likeness (QED) is 0.445. The van der Waals surface area contributed by atoms with Gasteiger partial charge in [-0.05, 0) is 36.4 Å². The van der Waals surface area contributed by atoms with E-state index in [1.807, 2.05) is 24.3 Å². The number of hydrazine groups is 1. The molecular formula is C22H28N5O4+. The first kappa shape index (κ1) is 22.3. The number of nitrogens with one attached hydrogen (secondary N) is 4. The summed E-state index contributed by atoms with van der Waals surface area (Å²) in [4.78, 5) is 39.2. The fourth-order valence-electron chi connectivity index (χ4n) is 3.23. The first-order valence-electron chi connectivity index (χ1n) is 10.2. The second-order valence-electron chi connectivity index (χ2n) is 7.37. The fourth-order valence-corrected chi connectivity index (χ4v) is 3.23. The minimum absolute atomic E-state index is 0.0401. The third-order valence-corrected chi connectivity index (χ3v) is 4.80. The zero-order valence-electron chi connectivity index (χ0n) is 17.5. The zero-order valence-corrected chi connectivity index (χ0v) is 17.5. The maximum Gasteiger partial charge on any atom is 0.293 e. The molecule has 0 bridgehead atoms. The number of carbonyl (C=O) groups is 3. The highest BCUT2D eigenvalue weighted by Gasteiger charge is 2.16. The Balaban J connectivity index is 1.38. The lowest BCUT2D eigenvalue weighted by Gasteiger charge is -2.28. The van der Waals surface area contributed by atoms with Crippen molar-refractivity contribution in [1.29, 1.82) is 0 Å². The Morgan fingerprint density at radius 3 is 2.23 bits per heavy atom. The third kappa shape index (κ3) is 7.09. The van der Waals surface area contributed by atoms with Crippen molar-refractivity contribution in [2.45, 2.75) is 0 Å². The SMILES string of the molecule is C[NH+](CC(=O)NNC(=O)c1ccccc1)CC(=O)Nc1ccc(N2CCOCC2)cc1. The molecule has 9 heteroatoms. The lowest BCUT2D eigenvalue weighted by atomic mass is 10.2. The van der Waals surface area contributed by atoms with Gasteiger partial charge in [-0.2, -0.15) is 0 Å². The number of amides is 3. The van der Waals surface area contributed by atoms with Crippen LogP contribution in [0.15, 0.2) is 54.6 Å². The van der Waals surface area contributed by atoms with Crippen molar-refractivity contribution in [3.8, 4) is 0 Å². The van der Waals surface area contributed by atoms with Crippen molar-refractivity contribution >= 4 is 29.1 Å². The van der Waals surface area contributed by atoms with Gasteiger partial charge in [0.25, 0.3) is 17.7 Å². The molecule has 1 aliphatic heterocycles. The molecule has 3 rings (SSSR count). The van der Waals surface area contributed by atoms with E-state index in [0.29, 0.717) is 16.2 Å². The summed E-state index contributed by atoms with van der Waals surface area (Å²) in [7, 11) is 1.74. The van der Waals surface area contributed by atoms with Crippen LogP contribution in [0, 0.1) is 0 Å². The minimum Gasteiger partial charge on any atom is -0.378 e. The van der Waals surface area contributed by atoms with Gasteiger partial charge in [-0.15, -0.1) is 0 Å². The van der Waals surface area contributed by atoms with Crippen molar-refractivity contribution in [3.05, 3.63) is 60.2 Å². The van der Waals surface area contributed by atoms with Crippen LogP contribution in [0.3, 0.4) is 0 Å². The van der Waals surface area contributed by atoms with Crippen molar-refractivity contribution in [1.82, 2.24) is 10.9 Å². The Labute approximate surface area is 181 Å². The molecule has 2 aromatic rings. The topological polar surface area (TPSA) is 104 Å². The van der Waals surface area contributed by atoms with Gasteiger partial charge in [0.15, 0.2) is 13.1 Å². The van der Waals surface area contributed by atoms with Crippen LogP contribution in [0.25, 0.3) is 0 Å². The monoisotopic (exact) mass is 426 g/mol. The van der Waals surface area contributed by atoms with Crippen LogP contribution in [-0.4, -0.2) is 64.2 Å². The molecular weight excluding hydrogens is 398 g/mol. The van der Waals surface area contributed by atoms with Crippen LogP contribution in [0.5, 0.6) is 0 Å². The average molecular weight is 426 g/mol. The molecule has 0 spiro atoms. The highest BCUT2D eigenvalue weighted by Crippen LogP contribution is 2.18. The fraction of sp³-hybridized carbons (Fsp3) is 0.318. The van der Waals surface area contributed by atoms with Gasteiger partial charge < -0.3 is 19.9 Å². The molecule has 1 heterocycles. The Kier molecular flexibility index (Phi) is 7.97. The number of nitrogens with zero attached hydrogens (tertiary/aromatic N) is 1. The highest BCUT2D eigenvalue weighted by atomic mass is 16.5. The molecule has 4 N–H and O–H groups in total. The van der Waals surface area contributed by atoms with E-state index < -0.39 is 5.91 Å². The smallest absolute Gasteiger partial charge is 0.293 e. The number of hydrogen-bond acceptors (Lipinski definition) is 5. The Hall–Kier alpha value is -3.43. The second-order valence-corrected chi connectivity index (χ2v) is 7.37. The van der Waals surface area contributed by atoms with E-state index in [4.69, 9.17) is 4.74 Å². The van der Waals surface area contributed by atoms with Crippen LogP contribution in [0.2, 0.25) is 0 Å². The Bertz CT molecular complexity index is 883. The maximum absolute atomic E-state index is 12.3. The Morgan fingerprint density at radius 2 is 1.55 bits per heavy atom. The van der Waals surface area contributed by atoms with Crippen LogP contribution in [-0.2, 0) is 14.3 Å². The molecule has 164 valence electrons.